The molecule has 2 N–H and O–H groups in total. The van der Waals surface area contributed by atoms with Crippen molar-refractivity contribution in [3.63, 3.8) is 0 Å². The van der Waals surface area contributed by atoms with E-state index in [-0.39, 0.29) is 23.8 Å². The van der Waals surface area contributed by atoms with E-state index in [1.165, 1.54) is 6.07 Å². The van der Waals surface area contributed by atoms with Crippen molar-refractivity contribution in [3.05, 3.63) is 57.6 Å². The number of methoxy groups -OCH3 is 2. The number of carbonyl (C=O) groups excluding carboxylic acids is 1. The molecule has 27 heavy (non-hydrogen) atoms. The minimum Gasteiger partial charge on any atom is -0.493 e. The topological polar surface area (TPSA) is 95.1 Å². The lowest BCUT2D eigenvalue weighted by Gasteiger charge is -2.17. The monoisotopic (exact) mass is 374 g/mol. The van der Waals surface area contributed by atoms with Crippen LogP contribution in [0.4, 0.5) is 11.4 Å². The van der Waals surface area contributed by atoms with Crippen LogP contribution in [0.3, 0.4) is 0 Å². The van der Waals surface area contributed by atoms with Crippen LogP contribution in [0.2, 0.25) is 0 Å². The smallest absolute Gasteiger partial charge is 0.293 e. The minimum absolute atomic E-state index is 0.115. The Balaban J connectivity index is 2.09. The third-order valence-corrected chi connectivity index (χ3v) is 4.15. The zero-order valence-corrected chi connectivity index (χ0v) is 15.9. The van der Waals surface area contributed by atoms with E-state index in [1.54, 1.807) is 33.3 Å². The second-order valence-corrected chi connectivity index (χ2v) is 6.24. The molecule has 2 rings (SSSR count). The summed E-state index contributed by atoms with van der Waals surface area (Å²) < 4.78 is 10.7. The van der Waals surface area contributed by atoms with Gasteiger partial charge < -0.3 is 19.7 Å². The normalized spacial score (nSPS) is 11.6. The Morgan fingerprint density at radius 2 is 1.89 bits per heavy atom. The fourth-order valence-corrected chi connectivity index (χ4v) is 2.91. The van der Waals surface area contributed by atoms with Gasteiger partial charge in [0.15, 0.2) is 18.0 Å². The Bertz CT molecular complexity index is 838. The molecule has 0 aliphatic heterocycles. The molecule has 0 saturated carbocycles. The van der Waals surface area contributed by atoms with Gasteiger partial charge in [0.25, 0.3) is 11.6 Å². The number of aryl methyl sites for hydroxylation is 1. The molecule has 1 amide bonds. The highest BCUT2D eigenvalue weighted by Gasteiger charge is 2.20. The van der Waals surface area contributed by atoms with E-state index in [9.17, 15) is 14.9 Å². The van der Waals surface area contributed by atoms with Crippen molar-refractivity contribution in [2.24, 2.45) is 0 Å². The number of hydrogen-bond donors (Lipinski definition) is 2. The van der Waals surface area contributed by atoms with Crippen molar-refractivity contribution in [1.82, 2.24) is 0 Å². The van der Waals surface area contributed by atoms with Gasteiger partial charge in [-0.2, -0.15) is 0 Å². The van der Waals surface area contributed by atoms with Gasteiger partial charge in [-0.15, -0.1) is 0 Å². The summed E-state index contributed by atoms with van der Waals surface area (Å²) in [6, 6.07) is 10.3. The van der Waals surface area contributed by atoms with Gasteiger partial charge in [0.05, 0.1) is 31.8 Å². The average molecular weight is 374 g/mol. The molecular formula is C19H24N3O5+. The highest BCUT2D eigenvalue weighted by molar-refractivity contribution is 5.94. The maximum absolute atomic E-state index is 12.4. The molecule has 0 aliphatic rings. The Morgan fingerprint density at radius 1 is 1.19 bits per heavy atom. The van der Waals surface area contributed by atoms with Gasteiger partial charge in [0.1, 0.15) is 12.2 Å². The number of anilines is 1. The standard InChI is InChI=1S/C19H23N3O5/c1-13-7-5-9-15(22(24)25)18(13)20-17(23)12-21(2)11-14-8-6-10-16(26-3)19(14)27-4/h5-10H,11-12H2,1-4H3,(H,20,23)/p+1. The molecule has 0 aliphatic carbocycles. The molecule has 2 aromatic rings. The number of amides is 1. The molecule has 0 bridgehead atoms. The predicted molar refractivity (Wildman–Crippen MR) is 101 cm³/mol. The SMILES string of the molecule is COc1cccc(C[NH+](C)CC(=O)Nc2c(C)cccc2[N+](=O)[O-])c1OC. The average Bonchev–Trinajstić information content (AvgIpc) is 2.62. The van der Waals surface area contributed by atoms with E-state index in [4.69, 9.17) is 9.47 Å². The summed E-state index contributed by atoms with van der Waals surface area (Å²) in [5.74, 6) is 0.962. The third-order valence-electron chi connectivity index (χ3n) is 4.15. The number of likely N-dealkylation sites (N-methyl/N-ethyl adjacent to an activating group) is 1. The van der Waals surface area contributed by atoms with Crippen molar-refractivity contribution >= 4 is 17.3 Å². The molecule has 0 heterocycles. The van der Waals surface area contributed by atoms with E-state index in [0.29, 0.717) is 23.6 Å². The molecule has 144 valence electrons. The van der Waals surface area contributed by atoms with Crippen molar-refractivity contribution < 1.29 is 24.1 Å². The van der Waals surface area contributed by atoms with Gasteiger partial charge in [0, 0.05) is 6.07 Å². The number of nitro benzene ring substituents is 1. The molecule has 2 aromatic carbocycles. The quantitative estimate of drug-likeness (QED) is 0.540. The van der Waals surface area contributed by atoms with Crippen LogP contribution < -0.4 is 19.7 Å². The summed E-state index contributed by atoms with van der Waals surface area (Å²) >= 11 is 0. The Hall–Kier alpha value is -3.13. The molecule has 8 heteroatoms. The zero-order valence-electron chi connectivity index (χ0n) is 15.9. The second-order valence-electron chi connectivity index (χ2n) is 6.24. The number of rotatable bonds is 8. The van der Waals surface area contributed by atoms with Crippen LogP contribution in [0.1, 0.15) is 11.1 Å². The van der Waals surface area contributed by atoms with Crippen LogP contribution in [0.5, 0.6) is 11.5 Å². The molecule has 0 saturated heterocycles. The number of carbonyl (C=O) groups is 1. The van der Waals surface area contributed by atoms with Crippen LogP contribution in [-0.2, 0) is 11.3 Å². The summed E-state index contributed by atoms with van der Waals surface area (Å²) in [6.45, 7) is 2.40. The predicted octanol–water partition coefficient (Wildman–Crippen LogP) is 1.57. The first-order valence-electron chi connectivity index (χ1n) is 8.42. The van der Waals surface area contributed by atoms with E-state index in [0.717, 1.165) is 10.5 Å². The van der Waals surface area contributed by atoms with Crippen molar-refractivity contribution in [2.45, 2.75) is 13.5 Å². The number of para-hydroxylation sites is 2. The third kappa shape index (κ3) is 4.95. The molecule has 0 aromatic heterocycles. The van der Waals surface area contributed by atoms with Gasteiger partial charge in [0.2, 0.25) is 0 Å². The van der Waals surface area contributed by atoms with Crippen LogP contribution in [-0.4, -0.2) is 38.6 Å². The lowest BCUT2D eigenvalue weighted by molar-refractivity contribution is -0.885. The van der Waals surface area contributed by atoms with E-state index < -0.39 is 4.92 Å². The number of quaternary nitrogens is 1. The van der Waals surface area contributed by atoms with Crippen molar-refractivity contribution in [1.29, 1.82) is 0 Å². The molecule has 0 radical (unpaired) electrons. The molecule has 0 fully saturated rings. The fourth-order valence-electron chi connectivity index (χ4n) is 2.91. The molecule has 1 atom stereocenters. The highest BCUT2D eigenvalue weighted by atomic mass is 16.6. The Kier molecular flexibility index (Phi) is 6.73. The van der Waals surface area contributed by atoms with Gasteiger partial charge in [-0.25, -0.2) is 0 Å². The van der Waals surface area contributed by atoms with Crippen molar-refractivity contribution in [3.8, 4) is 11.5 Å². The van der Waals surface area contributed by atoms with Crippen LogP contribution in [0, 0.1) is 17.0 Å². The van der Waals surface area contributed by atoms with Crippen LogP contribution in [0.15, 0.2) is 36.4 Å². The second kappa shape index (κ2) is 9.00. The van der Waals surface area contributed by atoms with Crippen molar-refractivity contribution in [2.75, 3.05) is 33.1 Å². The molecule has 1 unspecified atom stereocenters. The van der Waals surface area contributed by atoms with Gasteiger partial charge in [-0.05, 0) is 24.6 Å². The molecule has 8 nitrogen and oxygen atoms in total. The van der Waals surface area contributed by atoms with Gasteiger partial charge in [-0.1, -0.05) is 18.2 Å². The maximum Gasteiger partial charge on any atom is 0.293 e. The number of nitro groups is 1. The lowest BCUT2D eigenvalue weighted by Crippen LogP contribution is -3.08. The Morgan fingerprint density at radius 3 is 2.52 bits per heavy atom. The van der Waals surface area contributed by atoms with E-state index in [1.807, 2.05) is 25.2 Å². The summed E-state index contributed by atoms with van der Waals surface area (Å²) in [7, 11) is 5.01. The number of nitrogens with one attached hydrogen (secondary N) is 2. The molecule has 0 spiro atoms. The van der Waals surface area contributed by atoms with Crippen LogP contribution >= 0.6 is 0 Å². The summed E-state index contributed by atoms with van der Waals surface area (Å²) in [6.07, 6.45) is 0. The number of nitrogens with zero attached hydrogens (tertiary/aromatic N) is 1. The summed E-state index contributed by atoms with van der Waals surface area (Å²) in [5.41, 5.74) is 1.67. The lowest BCUT2D eigenvalue weighted by atomic mass is 10.1. The largest absolute Gasteiger partial charge is 0.493 e. The first-order valence-corrected chi connectivity index (χ1v) is 8.42. The molecular weight excluding hydrogens is 350 g/mol. The van der Waals surface area contributed by atoms with Gasteiger partial charge >= 0.3 is 0 Å². The number of benzene rings is 2. The van der Waals surface area contributed by atoms with Gasteiger partial charge in [-0.3, -0.25) is 14.9 Å². The summed E-state index contributed by atoms with van der Waals surface area (Å²) in [4.78, 5) is 24.0. The zero-order chi connectivity index (χ0) is 20.0. The number of ether oxygens (including phenoxy) is 2. The number of hydrogen-bond acceptors (Lipinski definition) is 5. The fraction of sp³-hybridized carbons (Fsp3) is 0.316. The summed E-state index contributed by atoms with van der Waals surface area (Å²) in [5, 5.41) is 13.8. The van der Waals surface area contributed by atoms with E-state index >= 15 is 0 Å². The van der Waals surface area contributed by atoms with E-state index in [2.05, 4.69) is 5.32 Å². The Labute approximate surface area is 157 Å². The highest BCUT2D eigenvalue weighted by Crippen LogP contribution is 2.30. The van der Waals surface area contributed by atoms with Crippen LogP contribution in [0.25, 0.3) is 0 Å². The first kappa shape index (κ1) is 20.2. The maximum atomic E-state index is 12.4. The first-order chi connectivity index (χ1) is 12.9. The minimum atomic E-state index is -0.500.